The molecule has 2 atom stereocenters. The molecule has 1 aliphatic rings. The average Bonchev–Trinajstić information content (AvgIpc) is 2.32. The minimum Gasteiger partial charge on any atom is -0.443 e. The monoisotopic (exact) mass is 290 g/mol. The number of isocyanates is 1. The molecule has 0 aromatic rings. The highest BCUT2D eigenvalue weighted by Crippen LogP contribution is 2.39. The van der Waals surface area contributed by atoms with Crippen LogP contribution in [0.1, 0.15) is 33.1 Å². The van der Waals surface area contributed by atoms with Crippen molar-refractivity contribution in [2.24, 2.45) is 16.3 Å². The number of alkyl carbamates (subject to hydrolysis) is 1. The highest BCUT2D eigenvalue weighted by Gasteiger charge is 2.34. The number of hydrogen-bond donors (Lipinski definition) is 1. The summed E-state index contributed by atoms with van der Waals surface area (Å²) in [7, 11) is 0. The van der Waals surface area contributed by atoms with E-state index < -0.39 is 19.1 Å². The maximum Gasteiger partial charge on any atom is 0.407 e. The summed E-state index contributed by atoms with van der Waals surface area (Å²) in [6, 6.07) is -0.0971. The average molecular weight is 290 g/mol. The number of halogens is 2. The van der Waals surface area contributed by atoms with Gasteiger partial charge in [0.1, 0.15) is 0 Å². The third kappa shape index (κ3) is 6.10. The van der Waals surface area contributed by atoms with Crippen LogP contribution in [0.5, 0.6) is 0 Å². The van der Waals surface area contributed by atoms with Crippen molar-refractivity contribution in [3.05, 3.63) is 0 Å². The smallest absolute Gasteiger partial charge is 0.407 e. The summed E-state index contributed by atoms with van der Waals surface area (Å²) < 4.78 is 28.1. The molecule has 114 valence electrons. The van der Waals surface area contributed by atoms with E-state index in [1.165, 1.54) is 0 Å². The molecular formula is C13H20F2N2O3. The number of carbonyl (C=O) groups excluding carboxylic acids is 2. The van der Waals surface area contributed by atoms with Gasteiger partial charge in [-0.15, -0.1) is 0 Å². The van der Waals surface area contributed by atoms with Crippen LogP contribution in [0.2, 0.25) is 0 Å². The second-order valence-corrected chi connectivity index (χ2v) is 5.92. The molecule has 0 aromatic carbocycles. The number of ether oxygens (including phenoxy) is 1. The van der Waals surface area contributed by atoms with Gasteiger partial charge >= 0.3 is 6.09 Å². The van der Waals surface area contributed by atoms with Crippen molar-refractivity contribution < 1.29 is 23.1 Å². The summed E-state index contributed by atoms with van der Waals surface area (Å²) in [5.74, 6) is 0.139. The maximum atomic E-state index is 11.9. The molecule has 1 amide bonds. The first-order chi connectivity index (χ1) is 9.32. The lowest BCUT2D eigenvalue weighted by molar-refractivity contribution is 0.0476. The second-order valence-electron chi connectivity index (χ2n) is 5.92. The molecule has 0 spiro atoms. The van der Waals surface area contributed by atoms with Gasteiger partial charge in [0.25, 0.3) is 6.43 Å². The SMILES string of the molecule is CC1(C)CC(CNC(=O)OCC(F)F)CC(N=C=O)C1. The quantitative estimate of drug-likeness (QED) is 0.625. The second kappa shape index (κ2) is 7.33. The fourth-order valence-corrected chi connectivity index (χ4v) is 2.80. The van der Waals surface area contributed by atoms with Crippen LogP contribution in [0, 0.1) is 11.3 Å². The van der Waals surface area contributed by atoms with E-state index >= 15 is 0 Å². The molecule has 0 aliphatic heterocycles. The zero-order valence-corrected chi connectivity index (χ0v) is 11.7. The van der Waals surface area contributed by atoms with Gasteiger partial charge in [0.05, 0.1) is 6.04 Å². The van der Waals surface area contributed by atoms with Crippen molar-refractivity contribution in [1.29, 1.82) is 0 Å². The summed E-state index contributed by atoms with van der Waals surface area (Å²) in [6.45, 7) is 3.57. The number of carbonyl (C=O) groups is 1. The van der Waals surface area contributed by atoms with Crippen molar-refractivity contribution in [2.75, 3.05) is 13.2 Å². The standard InChI is InChI=1S/C13H20F2N2O3/c1-13(2)4-9(3-10(5-13)17-8-18)6-16-12(19)20-7-11(14)15/h9-11H,3-7H2,1-2H3,(H,16,19). The lowest BCUT2D eigenvalue weighted by Crippen LogP contribution is -2.38. The summed E-state index contributed by atoms with van der Waals surface area (Å²) in [5.41, 5.74) is 0.0164. The van der Waals surface area contributed by atoms with Crippen LogP contribution in [0.4, 0.5) is 13.6 Å². The highest BCUT2D eigenvalue weighted by molar-refractivity contribution is 5.67. The Balaban J connectivity index is 2.42. The minimum atomic E-state index is -2.67. The fourth-order valence-electron chi connectivity index (χ4n) is 2.80. The van der Waals surface area contributed by atoms with Gasteiger partial charge in [0, 0.05) is 6.54 Å². The van der Waals surface area contributed by atoms with E-state index in [0.29, 0.717) is 13.0 Å². The van der Waals surface area contributed by atoms with Crippen LogP contribution in [-0.2, 0) is 9.53 Å². The van der Waals surface area contributed by atoms with Gasteiger partial charge in [-0.25, -0.2) is 23.4 Å². The first-order valence-electron chi connectivity index (χ1n) is 6.58. The van der Waals surface area contributed by atoms with Gasteiger partial charge in [-0.1, -0.05) is 13.8 Å². The van der Waals surface area contributed by atoms with Crippen LogP contribution in [0.25, 0.3) is 0 Å². The van der Waals surface area contributed by atoms with Gasteiger partial charge in [-0.2, -0.15) is 0 Å². The molecule has 0 heterocycles. The van der Waals surface area contributed by atoms with E-state index in [0.717, 1.165) is 12.8 Å². The Morgan fingerprint density at radius 2 is 2.20 bits per heavy atom. The minimum absolute atomic E-state index is 0.0164. The number of amides is 1. The van der Waals surface area contributed by atoms with E-state index in [9.17, 15) is 18.4 Å². The van der Waals surface area contributed by atoms with Crippen molar-refractivity contribution in [3.8, 4) is 0 Å². The molecule has 1 fully saturated rings. The Hall–Kier alpha value is -1.49. The van der Waals surface area contributed by atoms with Gasteiger partial charge in [-0.3, -0.25) is 0 Å². The Morgan fingerprint density at radius 3 is 2.80 bits per heavy atom. The van der Waals surface area contributed by atoms with Crippen molar-refractivity contribution in [1.82, 2.24) is 5.32 Å². The number of nitrogens with one attached hydrogen (secondary N) is 1. The Bertz CT molecular complexity index is 382. The van der Waals surface area contributed by atoms with E-state index in [-0.39, 0.29) is 17.4 Å². The Morgan fingerprint density at radius 1 is 1.50 bits per heavy atom. The summed E-state index contributed by atoms with van der Waals surface area (Å²) >= 11 is 0. The van der Waals surface area contributed by atoms with Crippen LogP contribution in [0.3, 0.4) is 0 Å². The first kappa shape index (κ1) is 16.6. The van der Waals surface area contributed by atoms with Gasteiger partial charge in [-0.05, 0) is 30.6 Å². The molecule has 0 saturated heterocycles. The lowest BCUT2D eigenvalue weighted by Gasteiger charge is -2.38. The summed E-state index contributed by atoms with van der Waals surface area (Å²) in [5, 5.41) is 2.47. The predicted molar refractivity (Wildman–Crippen MR) is 68.4 cm³/mol. The van der Waals surface area contributed by atoms with Crippen molar-refractivity contribution >= 4 is 12.2 Å². The molecule has 0 bridgehead atoms. The van der Waals surface area contributed by atoms with Gasteiger partial charge < -0.3 is 10.1 Å². The number of aliphatic imine (C=N–C) groups is 1. The highest BCUT2D eigenvalue weighted by atomic mass is 19.3. The summed E-state index contributed by atoms with van der Waals surface area (Å²) in [4.78, 5) is 25.3. The normalized spacial score (nSPS) is 24.9. The van der Waals surface area contributed by atoms with Crippen LogP contribution in [0.15, 0.2) is 4.99 Å². The Labute approximate surface area is 116 Å². The molecule has 2 unspecified atom stereocenters. The molecule has 1 aliphatic carbocycles. The molecule has 1 rings (SSSR count). The molecule has 1 N–H and O–H groups in total. The number of rotatable bonds is 5. The largest absolute Gasteiger partial charge is 0.443 e. The van der Waals surface area contributed by atoms with Gasteiger partial charge in [0.2, 0.25) is 6.08 Å². The molecule has 5 nitrogen and oxygen atoms in total. The first-order valence-corrected chi connectivity index (χ1v) is 6.58. The molecule has 0 radical (unpaired) electrons. The molecule has 1 saturated carbocycles. The zero-order chi connectivity index (χ0) is 15.2. The van der Waals surface area contributed by atoms with E-state index in [1.807, 2.05) is 0 Å². The van der Waals surface area contributed by atoms with Gasteiger partial charge in [0.15, 0.2) is 6.61 Å². The van der Waals surface area contributed by atoms with Crippen molar-refractivity contribution in [3.63, 3.8) is 0 Å². The predicted octanol–water partition coefficient (Wildman–Crippen LogP) is 2.51. The number of nitrogens with zero attached hydrogens (tertiary/aromatic N) is 1. The third-order valence-corrected chi connectivity index (χ3v) is 3.35. The van der Waals surface area contributed by atoms with Crippen LogP contribution < -0.4 is 5.32 Å². The zero-order valence-electron chi connectivity index (χ0n) is 11.7. The van der Waals surface area contributed by atoms with Crippen LogP contribution >= 0.6 is 0 Å². The van der Waals surface area contributed by atoms with Crippen LogP contribution in [-0.4, -0.2) is 37.8 Å². The maximum absolute atomic E-state index is 11.9. The molecule has 0 aromatic heterocycles. The Kier molecular flexibility index (Phi) is 6.07. The topological polar surface area (TPSA) is 67.8 Å². The van der Waals surface area contributed by atoms with E-state index in [1.54, 1.807) is 6.08 Å². The van der Waals surface area contributed by atoms with Crippen molar-refractivity contribution in [2.45, 2.75) is 45.6 Å². The number of alkyl halides is 2. The lowest BCUT2D eigenvalue weighted by atomic mass is 9.70. The molecular weight excluding hydrogens is 270 g/mol. The number of hydrogen-bond acceptors (Lipinski definition) is 4. The van der Waals surface area contributed by atoms with E-state index in [2.05, 4.69) is 28.9 Å². The molecule has 7 heteroatoms. The molecule has 20 heavy (non-hydrogen) atoms. The fraction of sp³-hybridized carbons (Fsp3) is 0.846. The third-order valence-electron chi connectivity index (χ3n) is 3.35. The van der Waals surface area contributed by atoms with E-state index in [4.69, 9.17) is 0 Å². The summed E-state index contributed by atoms with van der Waals surface area (Å²) in [6.07, 6.45) is 0.406.